The van der Waals surface area contributed by atoms with E-state index in [9.17, 15) is 4.39 Å². The normalized spacial score (nSPS) is 16.4. The molecule has 0 aromatic carbocycles. The van der Waals surface area contributed by atoms with E-state index >= 15 is 0 Å². The fraction of sp³-hybridized carbons (Fsp3) is 1.00. The molecule has 0 aliphatic heterocycles. The molecule has 1 atom stereocenters. The summed E-state index contributed by atoms with van der Waals surface area (Å²) in [5, 5.41) is 0. The quantitative estimate of drug-likeness (QED) is 0.602. The van der Waals surface area contributed by atoms with Crippen molar-refractivity contribution in [3.05, 3.63) is 0 Å². The summed E-state index contributed by atoms with van der Waals surface area (Å²) in [6.07, 6.45) is 1.34. The molecule has 0 aromatic heterocycles. The van der Waals surface area contributed by atoms with Gasteiger partial charge in [0.25, 0.3) is 0 Å². The van der Waals surface area contributed by atoms with Gasteiger partial charge in [-0.25, -0.2) is 0 Å². The van der Waals surface area contributed by atoms with Gasteiger partial charge in [0.2, 0.25) is 0 Å². The van der Waals surface area contributed by atoms with Crippen LogP contribution in [0.2, 0.25) is 0 Å². The van der Waals surface area contributed by atoms with Crippen molar-refractivity contribution in [3.8, 4) is 0 Å². The van der Waals surface area contributed by atoms with Crippen LogP contribution >= 0.6 is 0 Å². The number of alkyl halides is 1. The number of halogens is 1. The molecule has 0 amide bonds. The fourth-order valence-electron chi connectivity index (χ4n) is 0.678. The summed E-state index contributed by atoms with van der Waals surface area (Å²) in [5.41, 5.74) is 5.23. The van der Waals surface area contributed by atoms with Gasteiger partial charge in [-0.3, -0.25) is 4.39 Å². The molecular formula is C8H18FNO. The third kappa shape index (κ3) is 4.32. The van der Waals surface area contributed by atoms with Crippen molar-refractivity contribution in [3.63, 3.8) is 0 Å². The van der Waals surface area contributed by atoms with Gasteiger partial charge in [0, 0.05) is 13.2 Å². The summed E-state index contributed by atoms with van der Waals surface area (Å²) in [6.45, 7) is 4.62. The molecular weight excluding hydrogens is 145 g/mol. The molecule has 68 valence electrons. The number of hydrogen-bond acceptors (Lipinski definition) is 2. The summed E-state index contributed by atoms with van der Waals surface area (Å²) in [6, 6.07) is 0. The Kier molecular flexibility index (Phi) is 5.42. The van der Waals surface area contributed by atoms with E-state index in [4.69, 9.17) is 10.5 Å². The molecule has 0 saturated carbocycles. The Morgan fingerprint density at radius 3 is 2.55 bits per heavy atom. The molecule has 0 aliphatic rings. The van der Waals surface area contributed by atoms with Crippen molar-refractivity contribution < 1.29 is 9.13 Å². The third-order valence-corrected chi connectivity index (χ3v) is 1.91. The SMILES string of the molecule is CCC(C)(CN)OCCCF. The average molecular weight is 163 g/mol. The largest absolute Gasteiger partial charge is 0.374 e. The molecule has 1 unspecified atom stereocenters. The van der Waals surface area contributed by atoms with E-state index in [1.165, 1.54) is 0 Å². The van der Waals surface area contributed by atoms with Gasteiger partial charge in [0.1, 0.15) is 0 Å². The maximum absolute atomic E-state index is 11.7. The second-order valence-corrected chi connectivity index (χ2v) is 2.90. The maximum Gasteiger partial charge on any atom is 0.0916 e. The van der Waals surface area contributed by atoms with Gasteiger partial charge in [-0.2, -0.15) is 0 Å². The summed E-state index contributed by atoms with van der Waals surface area (Å²) in [5.74, 6) is 0. The third-order valence-electron chi connectivity index (χ3n) is 1.91. The van der Waals surface area contributed by atoms with Crippen LogP contribution in [0.3, 0.4) is 0 Å². The summed E-state index contributed by atoms with van der Waals surface area (Å²) < 4.78 is 17.1. The molecule has 2 nitrogen and oxygen atoms in total. The van der Waals surface area contributed by atoms with E-state index in [-0.39, 0.29) is 12.3 Å². The molecule has 0 saturated heterocycles. The van der Waals surface area contributed by atoms with Crippen molar-refractivity contribution in [2.75, 3.05) is 19.8 Å². The molecule has 3 heteroatoms. The van der Waals surface area contributed by atoms with E-state index in [2.05, 4.69) is 0 Å². The molecule has 0 aromatic rings. The minimum atomic E-state index is -0.315. The monoisotopic (exact) mass is 163 g/mol. The van der Waals surface area contributed by atoms with Crippen molar-refractivity contribution in [2.24, 2.45) is 5.73 Å². The Labute approximate surface area is 67.9 Å². The second-order valence-electron chi connectivity index (χ2n) is 2.90. The summed E-state index contributed by atoms with van der Waals surface area (Å²) >= 11 is 0. The number of hydrogen-bond donors (Lipinski definition) is 1. The van der Waals surface area contributed by atoms with Crippen LogP contribution in [-0.4, -0.2) is 25.4 Å². The standard InChI is InChI=1S/C8H18FNO/c1-3-8(2,7-10)11-6-4-5-9/h3-7,10H2,1-2H3. The van der Waals surface area contributed by atoms with Gasteiger partial charge in [0.05, 0.1) is 12.3 Å². The number of nitrogens with two attached hydrogens (primary N) is 1. The first-order valence-corrected chi connectivity index (χ1v) is 4.08. The van der Waals surface area contributed by atoms with Crippen LogP contribution in [0.1, 0.15) is 26.7 Å². The summed E-state index contributed by atoms with van der Waals surface area (Å²) in [4.78, 5) is 0. The van der Waals surface area contributed by atoms with Crippen molar-refractivity contribution in [1.82, 2.24) is 0 Å². The van der Waals surface area contributed by atoms with Crippen LogP contribution in [0.25, 0.3) is 0 Å². The molecule has 0 fully saturated rings. The predicted molar refractivity (Wildman–Crippen MR) is 44.3 cm³/mol. The lowest BCUT2D eigenvalue weighted by Crippen LogP contribution is -2.37. The molecule has 0 radical (unpaired) electrons. The first-order valence-electron chi connectivity index (χ1n) is 4.08. The highest BCUT2D eigenvalue weighted by Crippen LogP contribution is 2.12. The topological polar surface area (TPSA) is 35.2 Å². The van der Waals surface area contributed by atoms with Gasteiger partial charge in [0.15, 0.2) is 0 Å². The summed E-state index contributed by atoms with van der Waals surface area (Å²) in [7, 11) is 0. The van der Waals surface area contributed by atoms with E-state index in [1.807, 2.05) is 13.8 Å². The van der Waals surface area contributed by atoms with Crippen LogP contribution in [0.15, 0.2) is 0 Å². The Morgan fingerprint density at radius 2 is 2.18 bits per heavy atom. The Hall–Kier alpha value is -0.150. The Bertz CT molecular complexity index is 94.1. The molecule has 0 spiro atoms. The smallest absolute Gasteiger partial charge is 0.0916 e. The zero-order chi connectivity index (χ0) is 8.74. The first-order chi connectivity index (χ1) is 5.18. The molecule has 0 aliphatic carbocycles. The highest BCUT2D eigenvalue weighted by atomic mass is 19.1. The fourth-order valence-corrected chi connectivity index (χ4v) is 0.678. The van der Waals surface area contributed by atoms with E-state index in [1.54, 1.807) is 0 Å². The highest BCUT2D eigenvalue weighted by molar-refractivity contribution is 4.73. The predicted octanol–water partition coefficient (Wildman–Crippen LogP) is 1.49. The molecule has 0 rings (SSSR count). The first kappa shape index (κ1) is 10.8. The Balaban J connectivity index is 3.51. The van der Waals surface area contributed by atoms with Crippen LogP contribution < -0.4 is 5.73 Å². The molecule has 0 bridgehead atoms. The molecule has 2 N–H and O–H groups in total. The van der Waals surface area contributed by atoms with Crippen molar-refractivity contribution in [1.29, 1.82) is 0 Å². The van der Waals surface area contributed by atoms with Crippen LogP contribution in [0.4, 0.5) is 4.39 Å². The molecule has 11 heavy (non-hydrogen) atoms. The van der Waals surface area contributed by atoms with Gasteiger partial charge in [-0.05, 0) is 19.8 Å². The zero-order valence-electron chi connectivity index (χ0n) is 7.40. The van der Waals surface area contributed by atoms with Gasteiger partial charge in [-0.15, -0.1) is 0 Å². The molecule has 0 heterocycles. The lowest BCUT2D eigenvalue weighted by molar-refractivity contribution is -0.0297. The zero-order valence-corrected chi connectivity index (χ0v) is 7.40. The second kappa shape index (κ2) is 5.49. The minimum Gasteiger partial charge on any atom is -0.374 e. The maximum atomic E-state index is 11.7. The Morgan fingerprint density at radius 1 is 1.55 bits per heavy atom. The number of ether oxygens (including phenoxy) is 1. The van der Waals surface area contributed by atoms with Gasteiger partial charge < -0.3 is 10.5 Å². The minimum absolute atomic E-state index is 0.255. The lowest BCUT2D eigenvalue weighted by atomic mass is 10.0. The van der Waals surface area contributed by atoms with Crippen molar-refractivity contribution >= 4 is 0 Å². The van der Waals surface area contributed by atoms with Crippen molar-refractivity contribution in [2.45, 2.75) is 32.3 Å². The van der Waals surface area contributed by atoms with Crippen LogP contribution in [0, 0.1) is 0 Å². The van der Waals surface area contributed by atoms with E-state index in [0.717, 1.165) is 6.42 Å². The van der Waals surface area contributed by atoms with Gasteiger partial charge >= 0.3 is 0 Å². The highest BCUT2D eigenvalue weighted by Gasteiger charge is 2.19. The van der Waals surface area contributed by atoms with Crippen LogP contribution in [0.5, 0.6) is 0 Å². The van der Waals surface area contributed by atoms with E-state index in [0.29, 0.717) is 19.6 Å². The lowest BCUT2D eigenvalue weighted by Gasteiger charge is -2.26. The van der Waals surface area contributed by atoms with Gasteiger partial charge in [-0.1, -0.05) is 6.92 Å². The van der Waals surface area contributed by atoms with E-state index < -0.39 is 0 Å². The van der Waals surface area contributed by atoms with Crippen LogP contribution in [-0.2, 0) is 4.74 Å². The number of rotatable bonds is 6. The average Bonchev–Trinajstić information content (AvgIpc) is 2.05.